The van der Waals surface area contributed by atoms with Crippen molar-refractivity contribution in [3.63, 3.8) is 0 Å². The lowest BCUT2D eigenvalue weighted by Gasteiger charge is -2.15. The summed E-state index contributed by atoms with van der Waals surface area (Å²) < 4.78 is 18.4. The van der Waals surface area contributed by atoms with E-state index in [1.54, 1.807) is 19.9 Å². The molecule has 0 heterocycles. The molecule has 0 radical (unpaired) electrons. The fourth-order valence-corrected chi connectivity index (χ4v) is 1.81. The minimum atomic E-state index is -0.790. The number of hydrogen-bond donors (Lipinski definition) is 1. The Kier molecular flexibility index (Phi) is 4.90. The molecular formula is C12H15ClFNO2. The number of esters is 1. The van der Waals surface area contributed by atoms with Gasteiger partial charge < -0.3 is 10.5 Å². The highest BCUT2D eigenvalue weighted by Crippen LogP contribution is 2.29. The van der Waals surface area contributed by atoms with E-state index in [9.17, 15) is 9.18 Å². The molecule has 1 aromatic carbocycles. The molecule has 0 saturated carbocycles. The number of benzene rings is 1. The highest BCUT2D eigenvalue weighted by molar-refractivity contribution is 6.32. The van der Waals surface area contributed by atoms with Crippen LogP contribution in [0, 0.1) is 12.7 Å². The third-order valence-electron chi connectivity index (χ3n) is 2.38. The van der Waals surface area contributed by atoms with Gasteiger partial charge in [-0.05, 0) is 25.5 Å². The van der Waals surface area contributed by atoms with Crippen LogP contribution < -0.4 is 5.73 Å². The molecule has 0 aliphatic rings. The number of nitrogens with two attached hydrogens (primary N) is 1. The number of aryl methyl sites for hydroxylation is 1. The maximum absolute atomic E-state index is 13.6. The summed E-state index contributed by atoms with van der Waals surface area (Å²) in [5.74, 6) is -0.964. The average Bonchev–Trinajstić information content (AvgIpc) is 2.24. The van der Waals surface area contributed by atoms with Crippen molar-refractivity contribution in [1.29, 1.82) is 0 Å². The molecule has 3 nitrogen and oxygen atoms in total. The fourth-order valence-electron chi connectivity index (χ4n) is 1.52. The summed E-state index contributed by atoms with van der Waals surface area (Å²) >= 11 is 5.98. The summed E-state index contributed by atoms with van der Waals surface area (Å²) in [6.07, 6.45) is -0.0894. The molecule has 0 aromatic heterocycles. The van der Waals surface area contributed by atoms with E-state index in [0.717, 1.165) is 5.56 Å². The summed E-state index contributed by atoms with van der Waals surface area (Å²) in [4.78, 5) is 11.3. The van der Waals surface area contributed by atoms with Gasteiger partial charge in [-0.15, -0.1) is 0 Å². The molecule has 1 aromatic rings. The molecule has 0 fully saturated rings. The highest BCUT2D eigenvalue weighted by atomic mass is 35.5. The van der Waals surface area contributed by atoms with E-state index in [2.05, 4.69) is 0 Å². The monoisotopic (exact) mass is 259 g/mol. The molecule has 0 bridgehead atoms. The molecular weight excluding hydrogens is 245 g/mol. The van der Waals surface area contributed by atoms with Crippen molar-refractivity contribution in [2.45, 2.75) is 26.3 Å². The first-order valence-corrected chi connectivity index (χ1v) is 5.70. The second kappa shape index (κ2) is 5.98. The third-order valence-corrected chi connectivity index (χ3v) is 2.88. The van der Waals surface area contributed by atoms with Gasteiger partial charge in [-0.25, -0.2) is 4.39 Å². The third kappa shape index (κ3) is 3.41. The van der Waals surface area contributed by atoms with E-state index in [-0.39, 0.29) is 23.6 Å². The van der Waals surface area contributed by atoms with Crippen molar-refractivity contribution in [2.75, 3.05) is 6.61 Å². The highest BCUT2D eigenvalue weighted by Gasteiger charge is 2.20. The number of hydrogen-bond acceptors (Lipinski definition) is 3. The lowest BCUT2D eigenvalue weighted by Crippen LogP contribution is -2.19. The van der Waals surface area contributed by atoms with Crippen molar-refractivity contribution >= 4 is 17.6 Å². The summed E-state index contributed by atoms with van der Waals surface area (Å²) in [6, 6.07) is 2.07. The number of carbonyl (C=O) groups excluding carboxylic acids is 1. The zero-order valence-electron chi connectivity index (χ0n) is 9.80. The lowest BCUT2D eigenvalue weighted by atomic mass is 10.0. The standard InChI is InChI=1S/C12H15ClFNO2/c1-3-17-10(16)6-9(15)11-8(14)5-4-7(2)12(11)13/h4-5,9H,3,6,15H2,1-2H3/t9-/m1/s1. The van der Waals surface area contributed by atoms with E-state index in [0.29, 0.717) is 0 Å². The topological polar surface area (TPSA) is 52.3 Å². The maximum atomic E-state index is 13.6. The normalized spacial score (nSPS) is 12.3. The van der Waals surface area contributed by atoms with Gasteiger partial charge >= 0.3 is 5.97 Å². The van der Waals surface area contributed by atoms with Crippen molar-refractivity contribution < 1.29 is 13.9 Å². The summed E-state index contributed by atoms with van der Waals surface area (Å²) in [5, 5.41) is 0.266. The van der Waals surface area contributed by atoms with Crippen LogP contribution in [0.25, 0.3) is 0 Å². The summed E-state index contributed by atoms with van der Waals surface area (Å²) in [7, 11) is 0. The average molecular weight is 260 g/mol. The predicted octanol–water partition coefficient (Wildman–Crippen LogP) is 2.74. The first kappa shape index (κ1) is 13.9. The van der Waals surface area contributed by atoms with Gasteiger partial charge in [0.1, 0.15) is 5.82 Å². The summed E-state index contributed by atoms with van der Waals surface area (Å²) in [6.45, 7) is 3.72. The van der Waals surface area contributed by atoms with Gasteiger partial charge in [-0.2, -0.15) is 0 Å². The Hall–Kier alpha value is -1.13. The van der Waals surface area contributed by atoms with Gasteiger partial charge in [0.25, 0.3) is 0 Å². The molecule has 94 valence electrons. The Labute approximate surface area is 105 Å². The molecule has 17 heavy (non-hydrogen) atoms. The van der Waals surface area contributed by atoms with E-state index in [1.165, 1.54) is 6.07 Å². The van der Waals surface area contributed by atoms with Crippen molar-refractivity contribution in [3.8, 4) is 0 Å². The molecule has 0 amide bonds. The first-order chi connectivity index (χ1) is 7.97. The fraction of sp³-hybridized carbons (Fsp3) is 0.417. The Balaban J connectivity index is 2.92. The van der Waals surface area contributed by atoms with Gasteiger partial charge in [0.2, 0.25) is 0 Å². The molecule has 0 saturated heterocycles. The van der Waals surface area contributed by atoms with Crippen LogP contribution in [0.5, 0.6) is 0 Å². The van der Waals surface area contributed by atoms with Crippen LogP contribution in [0.3, 0.4) is 0 Å². The van der Waals surface area contributed by atoms with Crippen LogP contribution in [0.2, 0.25) is 5.02 Å². The van der Waals surface area contributed by atoms with Crippen molar-refractivity contribution in [2.24, 2.45) is 5.73 Å². The number of ether oxygens (including phenoxy) is 1. The van der Waals surface area contributed by atoms with E-state index >= 15 is 0 Å². The smallest absolute Gasteiger partial charge is 0.307 e. The van der Waals surface area contributed by atoms with Gasteiger partial charge in [-0.1, -0.05) is 17.7 Å². The van der Waals surface area contributed by atoms with Crippen LogP contribution in [-0.4, -0.2) is 12.6 Å². The van der Waals surface area contributed by atoms with Crippen molar-refractivity contribution in [1.82, 2.24) is 0 Å². The van der Waals surface area contributed by atoms with Gasteiger partial charge in [0, 0.05) is 11.6 Å². The maximum Gasteiger partial charge on any atom is 0.307 e. The zero-order valence-corrected chi connectivity index (χ0v) is 10.6. The number of halogens is 2. The predicted molar refractivity (Wildman–Crippen MR) is 64.3 cm³/mol. The molecule has 2 N–H and O–H groups in total. The lowest BCUT2D eigenvalue weighted by molar-refractivity contribution is -0.143. The van der Waals surface area contributed by atoms with Gasteiger partial charge in [0.05, 0.1) is 18.1 Å². The molecule has 5 heteroatoms. The minimum absolute atomic E-state index is 0.0894. The quantitative estimate of drug-likeness (QED) is 0.846. The molecule has 0 spiro atoms. The summed E-state index contributed by atoms with van der Waals surface area (Å²) in [5.41, 5.74) is 6.66. The van der Waals surface area contributed by atoms with Crippen LogP contribution in [-0.2, 0) is 9.53 Å². The molecule has 1 rings (SSSR count). The SMILES string of the molecule is CCOC(=O)C[C@@H](N)c1c(F)ccc(C)c1Cl. The Morgan fingerprint density at radius 2 is 2.24 bits per heavy atom. The number of carbonyl (C=O) groups is 1. The van der Waals surface area contributed by atoms with Crippen LogP contribution in [0.15, 0.2) is 12.1 Å². The van der Waals surface area contributed by atoms with Gasteiger partial charge in [-0.3, -0.25) is 4.79 Å². The van der Waals surface area contributed by atoms with E-state index in [1.807, 2.05) is 0 Å². The second-order valence-corrected chi connectivity index (χ2v) is 4.09. The Morgan fingerprint density at radius 3 is 2.82 bits per heavy atom. The molecule has 0 unspecified atom stereocenters. The Morgan fingerprint density at radius 1 is 1.59 bits per heavy atom. The molecule has 0 aliphatic heterocycles. The second-order valence-electron chi connectivity index (χ2n) is 3.71. The molecule has 1 atom stereocenters. The van der Waals surface area contributed by atoms with Gasteiger partial charge in [0.15, 0.2) is 0 Å². The Bertz CT molecular complexity index is 423. The van der Waals surface area contributed by atoms with Crippen LogP contribution in [0.1, 0.15) is 30.5 Å². The largest absolute Gasteiger partial charge is 0.466 e. The first-order valence-electron chi connectivity index (χ1n) is 5.33. The number of rotatable bonds is 4. The van der Waals surface area contributed by atoms with Crippen molar-refractivity contribution in [3.05, 3.63) is 34.1 Å². The van der Waals surface area contributed by atoms with Crippen LogP contribution in [0.4, 0.5) is 4.39 Å². The molecule has 0 aliphatic carbocycles. The van der Waals surface area contributed by atoms with E-state index < -0.39 is 17.8 Å². The zero-order chi connectivity index (χ0) is 13.0. The van der Waals surface area contributed by atoms with Crippen LogP contribution >= 0.6 is 11.6 Å². The minimum Gasteiger partial charge on any atom is -0.466 e. The van der Waals surface area contributed by atoms with E-state index in [4.69, 9.17) is 22.1 Å².